The molecule has 2 fully saturated rings. The molecule has 0 saturated carbocycles. The predicted molar refractivity (Wildman–Crippen MR) is 141 cm³/mol. The van der Waals surface area contributed by atoms with Gasteiger partial charge in [0.05, 0.1) is 18.4 Å². The molecule has 0 spiro atoms. The lowest BCUT2D eigenvalue weighted by molar-refractivity contribution is -0.185. The first-order chi connectivity index (χ1) is 18.4. The van der Waals surface area contributed by atoms with Gasteiger partial charge in [0.25, 0.3) is 5.91 Å². The van der Waals surface area contributed by atoms with Gasteiger partial charge in [-0.25, -0.2) is 13.8 Å². The van der Waals surface area contributed by atoms with E-state index in [0.717, 1.165) is 69.2 Å². The van der Waals surface area contributed by atoms with Gasteiger partial charge in [0.2, 0.25) is 0 Å². The van der Waals surface area contributed by atoms with Crippen LogP contribution in [0.4, 0.5) is 8.78 Å². The number of piperazine rings is 1. The zero-order valence-electron chi connectivity index (χ0n) is 22.1. The van der Waals surface area contributed by atoms with E-state index in [1.807, 2.05) is 37.3 Å². The molecule has 3 aliphatic rings. The van der Waals surface area contributed by atoms with Gasteiger partial charge in [-0.1, -0.05) is 30.3 Å². The Labute approximate surface area is 223 Å². The fourth-order valence-electron chi connectivity index (χ4n) is 5.52. The molecule has 5 rings (SSSR count). The van der Waals surface area contributed by atoms with Crippen molar-refractivity contribution in [1.29, 1.82) is 0 Å². The second-order valence-corrected chi connectivity index (χ2v) is 10.5. The molecular formula is C29H36F2N4O3. The molecule has 0 bridgehead atoms. The Morgan fingerprint density at radius 1 is 1.13 bits per heavy atom. The summed E-state index contributed by atoms with van der Waals surface area (Å²) in [6.45, 7) is 5.90. The molecular weight excluding hydrogens is 490 g/mol. The molecule has 3 heterocycles. The number of nitrogens with zero attached hydrogens (tertiary/aromatic N) is 4. The summed E-state index contributed by atoms with van der Waals surface area (Å²) < 4.78 is 41.3. The van der Waals surface area contributed by atoms with Crippen molar-refractivity contribution in [1.82, 2.24) is 14.8 Å². The Bertz CT molecular complexity index is 1150. The van der Waals surface area contributed by atoms with Crippen molar-refractivity contribution in [3.05, 3.63) is 71.3 Å². The minimum absolute atomic E-state index is 0.0572. The summed E-state index contributed by atoms with van der Waals surface area (Å²) in [6, 6.07) is 12.5. The molecule has 0 aliphatic carbocycles. The normalized spacial score (nSPS) is 25.8. The number of hydrazone groups is 1. The lowest BCUT2D eigenvalue weighted by Gasteiger charge is -2.41. The molecule has 0 aromatic heterocycles. The quantitative estimate of drug-likeness (QED) is 0.547. The number of likely N-dealkylation sites (N-methyl/N-ethyl adjacent to an activating group) is 1. The van der Waals surface area contributed by atoms with Gasteiger partial charge in [0, 0.05) is 44.8 Å². The number of hydrogen-bond acceptors (Lipinski definition) is 6. The van der Waals surface area contributed by atoms with Gasteiger partial charge < -0.3 is 14.4 Å². The third-order valence-corrected chi connectivity index (χ3v) is 7.93. The number of carbonyl (C=O) groups is 1. The monoisotopic (exact) mass is 526 g/mol. The van der Waals surface area contributed by atoms with Crippen LogP contribution in [0.2, 0.25) is 0 Å². The highest BCUT2D eigenvalue weighted by Crippen LogP contribution is 2.41. The smallest absolute Gasteiger partial charge is 0.260 e. The minimum Gasteiger partial charge on any atom is -0.353 e. The molecule has 0 N–H and O–H groups in total. The first-order valence-corrected chi connectivity index (χ1v) is 13.5. The molecule has 9 heteroatoms. The van der Waals surface area contributed by atoms with E-state index in [1.165, 1.54) is 5.01 Å². The largest absolute Gasteiger partial charge is 0.353 e. The highest BCUT2D eigenvalue weighted by Gasteiger charge is 2.50. The highest BCUT2D eigenvalue weighted by atomic mass is 19.1. The van der Waals surface area contributed by atoms with Crippen LogP contribution in [0.3, 0.4) is 0 Å². The van der Waals surface area contributed by atoms with Crippen LogP contribution in [0.15, 0.2) is 53.6 Å². The number of carbonyl (C=O) groups excluding carboxylic acids is 1. The van der Waals surface area contributed by atoms with Gasteiger partial charge in [0.1, 0.15) is 17.2 Å². The minimum atomic E-state index is -1.03. The second kappa shape index (κ2) is 11.6. The van der Waals surface area contributed by atoms with Crippen molar-refractivity contribution in [2.75, 3.05) is 46.4 Å². The Morgan fingerprint density at radius 3 is 2.61 bits per heavy atom. The SMILES string of the molecule is CC(C(=O)N1N=C(c2cc(F)ccc2F)CC1(COC1CCCCO1)c1ccccc1)N1CCN(C)CC1. The summed E-state index contributed by atoms with van der Waals surface area (Å²) in [4.78, 5) is 18.6. The van der Waals surface area contributed by atoms with Crippen molar-refractivity contribution in [3.8, 4) is 0 Å². The molecule has 3 atom stereocenters. The van der Waals surface area contributed by atoms with Crippen LogP contribution in [-0.2, 0) is 19.8 Å². The summed E-state index contributed by atoms with van der Waals surface area (Å²) in [7, 11) is 2.07. The number of hydrogen-bond donors (Lipinski definition) is 0. The van der Waals surface area contributed by atoms with Crippen molar-refractivity contribution in [2.45, 2.75) is 50.5 Å². The van der Waals surface area contributed by atoms with E-state index in [2.05, 4.69) is 16.8 Å². The number of benzene rings is 2. The zero-order valence-corrected chi connectivity index (χ0v) is 22.1. The molecule has 2 saturated heterocycles. The first-order valence-electron chi connectivity index (χ1n) is 13.5. The molecule has 3 aliphatic heterocycles. The molecule has 204 valence electrons. The third-order valence-electron chi connectivity index (χ3n) is 7.93. The maximum atomic E-state index is 15.0. The van der Waals surface area contributed by atoms with E-state index in [9.17, 15) is 13.6 Å². The molecule has 7 nitrogen and oxygen atoms in total. The molecule has 2 aromatic rings. The lowest BCUT2D eigenvalue weighted by Crippen LogP contribution is -2.57. The fraction of sp³-hybridized carbons (Fsp3) is 0.517. The standard InChI is InChI=1S/C29H36F2N4O3/c1-21(34-15-13-33(2)14-16-34)28(36)35-29(22-8-4-3-5-9-22,20-38-27-10-6-7-17-37-27)19-26(32-35)24-18-23(30)11-12-25(24)31/h3-5,8-9,11-12,18,21,27H,6-7,10,13-17,19-20H2,1-2H3. The molecule has 38 heavy (non-hydrogen) atoms. The van der Waals surface area contributed by atoms with Crippen molar-refractivity contribution >= 4 is 11.6 Å². The Morgan fingerprint density at radius 2 is 1.89 bits per heavy atom. The fourth-order valence-corrected chi connectivity index (χ4v) is 5.52. The van der Waals surface area contributed by atoms with Crippen molar-refractivity contribution < 1.29 is 23.0 Å². The molecule has 1 amide bonds. The zero-order chi connectivity index (χ0) is 26.7. The Kier molecular flexibility index (Phi) is 8.18. The van der Waals surface area contributed by atoms with Gasteiger partial charge in [-0.15, -0.1) is 0 Å². The van der Waals surface area contributed by atoms with Crippen LogP contribution < -0.4 is 0 Å². The summed E-state index contributed by atoms with van der Waals surface area (Å²) in [5, 5.41) is 6.20. The van der Waals surface area contributed by atoms with Crippen LogP contribution in [-0.4, -0.2) is 85.2 Å². The lowest BCUT2D eigenvalue weighted by atomic mass is 9.84. The van der Waals surface area contributed by atoms with Gasteiger partial charge >= 0.3 is 0 Å². The molecule has 2 aromatic carbocycles. The van der Waals surface area contributed by atoms with Crippen LogP contribution in [0.25, 0.3) is 0 Å². The summed E-state index contributed by atoms with van der Waals surface area (Å²) >= 11 is 0. The van der Waals surface area contributed by atoms with Crippen molar-refractivity contribution in [3.63, 3.8) is 0 Å². The molecule has 3 unspecified atom stereocenters. The second-order valence-electron chi connectivity index (χ2n) is 10.5. The van der Waals surface area contributed by atoms with E-state index in [4.69, 9.17) is 14.6 Å². The van der Waals surface area contributed by atoms with Crippen molar-refractivity contribution in [2.24, 2.45) is 5.10 Å². The van der Waals surface area contributed by atoms with Crippen LogP contribution in [0, 0.1) is 11.6 Å². The van der Waals surface area contributed by atoms with E-state index in [1.54, 1.807) is 0 Å². The van der Waals surface area contributed by atoms with Gasteiger partial charge in [0.15, 0.2) is 6.29 Å². The number of halogens is 2. The molecule has 0 radical (unpaired) electrons. The predicted octanol–water partition coefficient (Wildman–Crippen LogP) is 3.98. The van der Waals surface area contributed by atoms with Crippen LogP contribution in [0.5, 0.6) is 0 Å². The average molecular weight is 527 g/mol. The maximum absolute atomic E-state index is 15.0. The summed E-state index contributed by atoms with van der Waals surface area (Å²) in [6.07, 6.45) is 2.56. The highest BCUT2D eigenvalue weighted by molar-refractivity contribution is 6.04. The first kappa shape index (κ1) is 26.9. The van der Waals surface area contributed by atoms with Crippen LogP contribution in [0.1, 0.15) is 43.7 Å². The maximum Gasteiger partial charge on any atom is 0.260 e. The summed E-state index contributed by atoms with van der Waals surface area (Å²) in [5.41, 5.74) is 0.165. The van der Waals surface area contributed by atoms with E-state index in [0.29, 0.717) is 12.3 Å². The van der Waals surface area contributed by atoms with E-state index >= 15 is 0 Å². The van der Waals surface area contributed by atoms with E-state index < -0.39 is 23.2 Å². The topological polar surface area (TPSA) is 57.6 Å². The Balaban J connectivity index is 1.54. The number of amides is 1. The third kappa shape index (κ3) is 5.52. The van der Waals surface area contributed by atoms with Gasteiger partial charge in [-0.3, -0.25) is 9.69 Å². The number of rotatable bonds is 7. The number of ether oxygens (including phenoxy) is 2. The van der Waals surface area contributed by atoms with Gasteiger partial charge in [-0.05, 0) is 57.0 Å². The Hall–Kier alpha value is -2.72. The van der Waals surface area contributed by atoms with E-state index in [-0.39, 0.29) is 30.8 Å². The average Bonchev–Trinajstić information content (AvgIpc) is 3.34. The van der Waals surface area contributed by atoms with Crippen LogP contribution >= 0.6 is 0 Å². The van der Waals surface area contributed by atoms with Gasteiger partial charge in [-0.2, -0.15) is 5.10 Å². The summed E-state index contributed by atoms with van der Waals surface area (Å²) in [5.74, 6) is -1.33.